The second-order valence-electron chi connectivity index (χ2n) is 5.58. The van der Waals surface area contributed by atoms with E-state index in [2.05, 4.69) is 0 Å². The Morgan fingerprint density at radius 3 is 2.50 bits per heavy atom. The van der Waals surface area contributed by atoms with Gasteiger partial charge in [-0.05, 0) is 43.0 Å². The van der Waals surface area contributed by atoms with Gasteiger partial charge in [-0.15, -0.1) is 0 Å². The second kappa shape index (κ2) is 5.26. The first-order chi connectivity index (χ1) is 10.5. The lowest BCUT2D eigenvalue weighted by Crippen LogP contribution is -2.23. The predicted octanol–water partition coefficient (Wildman–Crippen LogP) is 2.50. The van der Waals surface area contributed by atoms with Crippen molar-refractivity contribution in [3.63, 3.8) is 0 Å². The van der Waals surface area contributed by atoms with Gasteiger partial charge in [-0.2, -0.15) is 0 Å². The van der Waals surface area contributed by atoms with Crippen molar-refractivity contribution in [3.8, 4) is 23.0 Å². The van der Waals surface area contributed by atoms with E-state index in [0.29, 0.717) is 24.8 Å². The molecule has 0 saturated carbocycles. The van der Waals surface area contributed by atoms with Gasteiger partial charge in [-0.25, -0.2) is 0 Å². The summed E-state index contributed by atoms with van der Waals surface area (Å²) in [6.07, 6.45) is 1.47. The third-order valence-corrected chi connectivity index (χ3v) is 4.19. The number of aromatic hydroxyl groups is 4. The fraction of sp³-hybridized carbons (Fsp3) is 0.235. The fourth-order valence-corrected chi connectivity index (χ4v) is 2.99. The van der Waals surface area contributed by atoms with Crippen LogP contribution >= 0.6 is 0 Å². The average molecular weight is 300 g/mol. The smallest absolute Gasteiger partial charge is 0.170 e. The van der Waals surface area contributed by atoms with Crippen LogP contribution in [0.2, 0.25) is 0 Å². The number of phenols is 4. The van der Waals surface area contributed by atoms with Crippen molar-refractivity contribution in [1.29, 1.82) is 0 Å². The highest BCUT2D eigenvalue weighted by atomic mass is 16.3. The van der Waals surface area contributed by atoms with Crippen LogP contribution in [0.1, 0.15) is 27.9 Å². The van der Waals surface area contributed by atoms with E-state index >= 15 is 0 Å². The Hall–Kier alpha value is -2.69. The molecule has 2 aromatic rings. The van der Waals surface area contributed by atoms with Crippen LogP contribution in [0.4, 0.5) is 0 Å². The van der Waals surface area contributed by atoms with E-state index in [0.717, 1.165) is 11.6 Å². The first-order valence-electron chi connectivity index (χ1n) is 7.06. The van der Waals surface area contributed by atoms with E-state index in [1.165, 1.54) is 18.2 Å². The number of fused-ring (bicyclic) bond motifs is 1. The van der Waals surface area contributed by atoms with Crippen LogP contribution in [0.25, 0.3) is 0 Å². The molecule has 4 N–H and O–H groups in total. The molecule has 0 fully saturated rings. The number of hydrogen-bond donors (Lipinski definition) is 4. The quantitative estimate of drug-likeness (QED) is 0.504. The zero-order chi connectivity index (χ0) is 15.9. The first-order valence-corrected chi connectivity index (χ1v) is 7.06. The van der Waals surface area contributed by atoms with Gasteiger partial charge >= 0.3 is 0 Å². The zero-order valence-corrected chi connectivity index (χ0v) is 11.8. The molecule has 0 saturated heterocycles. The molecule has 0 radical (unpaired) electrons. The molecule has 5 heteroatoms. The van der Waals surface area contributed by atoms with E-state index in [9.17, 15) is 25.2 Å². The van der Waals surface area contributed by atoms with E-state index in [-0.39, 0.29) is 40.3 Å². The van der Waals surface area contributed by atoms with Crippen LogP contribution in [-0.2, 0) is 12.8 Å². The maximum atomic E-state index is 12.5. The molecule has 0 aromatic heterocycles. The maximum absolute atomic E-state index is 12.5. The van der Waals surface area contributed by atoms with Crippen molar-refractivity contribution in [2.45, 2.75) is 19.3 Å². The minimum absolute atomic E-state index is 0.0940. The van der Waals surface area contributed by atoms with Crippen LogP contribution in [0, 0.1) is 5.92 Å². The Bertz CT molecular complexity index is 751. The molecule has 0 bridgehead atoms. The highest BCUT2D eigenvalue weighted by Gasteiger charge is 2.29. The highest BCUT2D eigenvalue weighted by Crippen LogP contribution is 2.38. The standard InChI is InChI=1S/C17H16O5/c18-11-3-5-13(15(20)8-11)16(21)10-1-4-12-9(7-10)2-6-14(19)17(12)22/h2-3,5-6,8,10,18-20,22H,1,4,7H2/t10-/m1/s1. The lowest BCUT2D eigenvalue weighted by molar-refractivity contribution is 0.0905. The third kappa shape index (κ3) is 2.35. The summed E-state index contributed by atoms with van der Waals surface area (Å²) in [6, 6.07) is 7.05. The first kappa shape index (κ1) is 14.3. The Morgan fingerprint density at radius 2 is 1.77 bits per heavy atom. The van der Waals surface area contributed by atoms with Crippen molar-refractivity contribution < 1.29 is 25.2 Å². The lowest BCUT2D eigenvalue weighted by atomic mass is 9.79. The monoisotopic (exact) mass is 300 g/mol. The van der Waals surface area contributed by atoms with Crippen molar-refractivity contribution in [2.75, 3.05) is 0 Å². The van der Waals surface area contributed by atoms with Crippen molar-refractivity contribution in [2.24, 2.45) is 5.92 Å². The summed E-state index contributed by atoms with van der Waals surface area (Å²) in [5.74, 6) is -1.08. The Morgan fingerprint density at radius 1 is 1.00 bits per heavy atom. The summed E-state index contributed by atoms with van der Waals surface area (Å²) in [5.41, 5.74) is 1.70. The molecule has 0 amide bonds. The summed E-state index contributed by atoms with van der Waals surface area (Å²) < 4.78 is 0. The minimum Gasteiger partial charge on any atom is -0.508 e. The molecule has 5 nitrogen and oxygen atoms in total. The van der Waals surface area contributed by atoms with Gasteiger partial charge in [0.25, 0.3) is 0 Å². The Balaban J connectivity index is 1.88. The highest BCUT2D eigenvalue weighted by molar-refractivity contribution is 6.00. The average Bonchev–Trinajstić information content (AvgIpc) is 2.50. The number of hydrogen-bond acceptors (Lipinski definition) is 5. The van der Waals surface area contributed by atoms with E-state index < -0.39 is 0 Å². The molecule has 114 valence electrons. The molecule has 0 spiro atoms. The van der Waals surface area contributed by atoms with Crippen molar-refractivity contribution in [1.82, 2.24) is 0 Å². The van der Waals surface area contributed by atoms with Gasteiger partial charge in [0.15, 0.2) is 17.3 Å². The number of phenolic OH excluding ortho intramolecular Hbond substituents is 4. The van der Waals surface area contributed by atoms with Crippen molar-refractivity contribution in [3.05, 3.63) is 47.0 Å². The van der Waals surface area contributed by atoms with Gasteiger partial charge in [0.1, 0.15) is 11.5 Å². The summed E-state index contributed by atoms with van der Waals surface area (Å²) in [6.45, 7) is 0. The van der Waals surface area contributed by atoms with Gasteiger partial charge in [0.05, 0.1) is 5.56 Å². The third-order valence-electron chi connectivity index (χ3n) is 4.19. The molecule has 1 aliphatic carbocycles. The number of benzene rings is 2. The molecule has 22 heavy (non-hydrogen) atoms. The maximum Gasteiger partial charge on any atom is 0.170 e. The van der Waals surface area contributed by atoms with E-state index in [1.807, 2.05) is 0 Å². The van der Waals surface area contributed by atoms with Gasteiger partial charge in [-0.3, -0.25) is 4.79 Å². The van der Waals surface area contributed by atoms with E-state index in [4.69, 9.17) is 0 Å². The van der Waals surface area contributed by atoms with Gasteiger partial charge in [-0.1, -0.05) is 6.07 Å². The molecule has 3 rings (SSSR count). The Kier molecular flexibility index (Phi) is 3.41. The van der Waals surface area contributed by atoms with Crippen LogP contribution in [-0.4, -0.2) is 26.2 Å². The SMILES string of the molecule is O=C(c1ccc(O)cc1O)[C@@H]1CCc2c(ccc(O)c2O)C1. The molecular formula is C17H16O5. The van der Waals surface area contributed by atoms with E-state index in [1.54, 1.807) is 6.07 Å². The number of carbonyl (C=O) groups excluding carboxylic acids is 1. The topological polar surface area (TPSA) is 98.0 Å². The molecule has 0 aliphatic heterocycles. The fourth-order valence-electron chi connectivity index (χ4n) is 2.99. The summed E-state index contributed by atoms with van der Waals surface area (Å²) in [5, 5.41) is 38.5. The summed E-state index contributed by atoms with van der Waals surface area (Å²) in [7, 11) is 0. The van der Waals surface area contributed by atoms with Crippen LogP contribution in [0.3, 0.4) is 0 Å². The summed E-state index contributed by atoms with van der Waals surface area (Å²) >= 11 is 0. The molecule has 1 atom stereocenters. The van der Waals surface area contributed by atoms with Gasteiger partial charge in [0.2, 0.25) is 0 Å². The normalized spacial score (nSPS) is 17.0. The molecule has 2 aromatic carbocycles. The lowest BCUT2D eigenvalue weighted by Gasteiger charge is -2.24. The van der Waals surface area contributed by atoms with Gasteiger partial charge in [0, 0.05) is 17.5 Å². The van der Waals surface area contributed by atoms with Crippen LogP contribution < -0.4 is 0 Å². The Labute approximate surface area is 127 Å². The number of Topliss-reactive ketones (excluding diaryl/α,β-unsaturated/α-hetero) is 1. The second-order valence-corrected chi connectivity index (χ2v) is 5.58. The zero-order valence-electron chi connectivity index (χ0n) is 11.8. The van der Waals surface area contributed by atoms with Crippen LogP contribution in [0.5, 0.6) is 23.0 Å². The predicted molar refractivity (Wildman–Crippen MR) is 79.4 cm³/mol. The molecule has 0 heterocycles. The minimum atomic E-state index is -0.299. The molecule has 0 unspecified atom stereocenters. The molecular weight excluding hydrogens is 284 g/mol. The molecule has 1 aliphatic rings. The van der Waals surface area contributed by atoms with Crippen molar-refractivity contribution >= 4 is 5.78 Å². The number of ketones is 1. The van der Waals surface area contributed by atoms with Gasteiger partial charge < -0.3 is 20.4 Å². The van der Waals surface area contributed by atoms with Crippen LogP contribution in [0.15, 0.2) is 30.3 Å². The largest absolute Gasteiger partial charge is 0.508 e. The number of carbonyl (C=O) groups is 1. The number of rotatable bonds is 2. The summed E-state index contributed by atoms with van der Waals surface area (Å²) in [4.78, 5) is 12.5.